The number of furan rings is 1. The van der Waals surface area contributed by atoms with E-state index >= 15 is 0 Å². The Balaban J connectivity index is 1.72. The van der Waals surface area contributed by atoms with Gasteiger partial charge in [0.25, 0.3) is 0 Å². The van der Waals surface area contributed by atoms with Crippen LogP contribution in [0.25, 0.3) is 11.1 Å². The van der Waals surface area contributed by atoms with Gasteiger partial charge in [0, 0.05) is 43.5 Å². The summed E-state index contributed by atoms with van der Waals surface area (Å²) in [6.45, 7) is 8.19. The monoisotopic (exact) mass is 382 g/mol. The van der Waals surface area contributed by atoms with Crippen LogP contribution in [-0.4, -0.2) is 43.3 Å². The second kappa shape index (κ2) is 7.19. The Morgan fingerprint density at radius 2 is 1.89 bits per heavy atom. The van der Waals surface area contributed by atoms with E-state index in [2.05, 4.69) is 24.1 Å². The molecule has 4 rings (SSSR count). The van der Waals surface area contributed by atoms with Gasteiger partial charge in [-0.15, -0.1) is 0 Å². The lowest BCUT2D eigenvalue weighted by Gasteiger charge is -2.32. The molecule has 0 N–H and O–H groups in total. The van der Waals surface area contributed by atoms with Gasteiger partial charge in [0.05, 0.1) is 12.5 Å². The molecule has 1 amide bonds. The maximum atomic E-state index is 12.6. The van der Waals surface area contributed by atoms with E-state index in [9.17, 15) is 4.79 Å². The summed E-state index contributed by atoms with van der Waals surface area (Å²) in [6, 6.07) is 4.43. The molecule has 5 heteroatoms. The van der Waals surface area contributed by atoms with Crippen LogP contribution < -0.4 is 4.90 Å². The first-order valence-corrected chi connectivity index (χ1v) is 10.2. The predicted molar refractivity (Wildman–Crippen MR) is 111 cm³/mol. The largest absolute Gasteiger partial charge is 0.472 e. The molecule has 2 aromatic rings. The number of benzene rings is 1. The minimum atomic E-state index is -0.472. The van der Waals surface area contributed by atoms with E-state index in [0.29, 0.717) is 13.1 Å². The summed E-state index contributed by atoms with van der Waals surface area (Å²) < 4.78 is 11.0. The van der Waals surface area contributed by atoms with E-state index in [-0.39, 0.29) is 6.09 Å². The Morgan fingerprint density at radius 1 is 1.11 bits per heavy atom. The SMILES string of the molecule is CN1CCCc2cc3c(c(-c4ccoc4)c21)CCN(C(=O)OC(C)(C)C)CC3. The lowest BCUT2D eigenvalue weighted by atomic mass is 9.86. The van der Waals surface area contributed by atoms with Crippen LogP contribution in [-0.2, 0) is 24.0 Å². The molecule has 0 spiro atoms. The molecule has 0 unspecified atom stereocenters. The Kier molecular flexibility index (Phi) is 4.86. The Morgan fingerprint density at radius 3 is 2.61 bits per heavy atom. The second-order valence-electron chi connectivity index (χ2n) is 8.90. The fraction of sp³-hybridized carbons (Fsp3) is 0.522. The first-order chi connectivity index (χ1) is 13.3. The van der Waals surface area contributed by atoms with E-state index in [4.69, 9.17) is 9.15 Å². The van der Waals surface area contributed by atoms with Crippen LogP contribution >= 0.6 is 0 Å². The molecule has 0 atom stereocenters. The lowest BCUT2D eigenvalue weighted by Crippen LogP contribution is -2.38. The molecule has 5 nitrogen and oxygen atoms in total. The molecule has 2 aliphatic rings. The summed E-state index contributed by atoms with van der Waals surface area (Å²) >= 11 is 0. The molecule has 150 valence electrons. The Labute approximate surface area is 167 Å². The van der Waals surface area contributed by atoms with Gasteiger partial charge in [-0.05, 0) is 69.2 Å². The highest BCUT2D eigenvalue weighted by molar-refractivity contribution is 5.85. The van der Waals surface area contributed by atoms with E-state index in [1.54, 1.807) is 6.26 Å². The van der Waals surface area contributed by atoms with E-state index in [0.717, 1.165) is 31.4 Å². The van der Waals surface area contributed by atoms with Crippen LogP contribution in [0.15, 0.2) is 29.1 Å². The predicted octanol–water partition coefficient (Wildman–Crippen LogP) is 4.66. The van der Waals surface area contributed by atoms with Crippen molar-refractivity contribution < 1.29 is 13.9 Å². The van der Waals surface area contributed by atoms with Crippen LogP contribution in [0.4, 0.5) is 10.5 Å². The van der Waals surface area contributed by atoms with Gasteiger partial charge < -0.3 is 19.0 Å². The highest BCUT2D eigenvalue weighted by Gasteiger charge is 2.29. The van der Waals surface area contributed by atoms with Crippen molar-refractivity contribution in [2.24, 2.45) is 0 Å². The minimum Gasteiger partial charge on any atom is -0.472 e. The third-order valence-electron chi connectivity index (χ3n) is 5.64. The van der Waals surface area contributed by atoms with Crippen molar-refractivity contribution in [3.8, 4) is 11.1 Å². The number of ether oxygens (including phenoxy) is 1. The van der Waals surface area contributed by atoms with Crippen molar-refractivity contribution in [3.05, 3.63) is 41.3 Å². The third kappa shape index (κ3) is 3.62. The minimum absolute atomic E-state index is 0.216. The molecule has 0 fully saturated rings. The Hall–Kier alpha value is -2.43. The number of hydrogen-bond acceptors (Lipinski definition) is 4. The lowest BCUT2D eigenvalue weighted by molar-refractivity contribution is 0.0258. The van der Waals surface area contributed by atoms with E-state index in [1.807, 2.05) is 31.9 Å². The molecule has 0 saturated heterocycles. The van der Waals surface area contributed by atoms with Crippen LogP contribution in [0, 0.1) is 0 Å². The first-order valence-electron chi connectivity index (χ1n) is 10.2. The second-order valence-corrected chi connectivity index (χ2v) is 8.90. The van der Waals surface area contributed by atoms with Crippen LogP contribution in [0.2, 0.25) is 0 Å². The maximum absolute atomic E-state index is 12.6. The fourth-order valence-electron chi connectivity index (χ4n) is 4.42. The number of carbonyl (C=O) groups is 1. The van der Waals surface area contributed by atoms with Crippen molar-refractivity contribution in [1.29, 1.82) is 0 Å². The maximum Gasteiger partial charge on any atom is 0.410 e. The van der Waals surface area contributed by atoms with Gasteiger partial charge in [-0.3, -0.25) is 0 Å². The van der Waals surface area contributed by atoms with Gasteiger partial charge in [0.1, 0.15) is 5.60 Å². The average Bonchev–Trinajstić information content (AvgIpc) is 3.05. The number of nitrogens with zero attached hydrogens (tertiary/aromatic N) is 2. The molecule has 0 aliphatic carbocycles. The summed E-state index contributed by atoms with van der Waals surface area (Å²) in [4.78, 5) is 16.8. The molecule has 0 bridgehead atoms. The molecule has 28 heavy (non-hydrogen) atoms. The van der Waals surface area contributed by atoms with Crippen molar-refractivity contribution in [1.82, 2.24) is 4.90 Å². The molecule has 1 aromatic carbocycles. The smallest absolute Gasteiger partial charge is 0.410 e. The molecule has 0 radical (unpaired) electrons. The van der Waals surface area contributed by atoms with Gasteiger partial charge in [0.2, 0.25) is 0 Å². The van der Waals surface area contributed by atoms with Crippen molar-refractivity contribution in [3.63, 3.8) is 0 Å². The van der Waals surface area contributed by atoms with Gasteiger partial charge in [-0.25, -0.2) is 4.79 Å². The summed E-state index contributed by atoms with van der Waals surface area (Å²) in [5, 5.41) is 0. The molecular formula is C23H30N2O3. The summed E-state index contributed by atoms with van der Waals surface area (Å²) in [5.41, 5.74) is 7.39. The van der Waals surface area contributed by atoms with Gasteiger partial charge in [-0.2, -0.15) is 0 Å². The number of rotatable bonds is 1. The summed E-state index contributed by atoms with van der Waals surface area (Å²) in [6.07, 6.45) is 7.34. The zero-order valence-corrected chi connectivity index (χ0v) is 17.4. The van der Waals surface area contributed by atoms with E-state index < -0.39 is 5.60 Å². The fourth-order valence-corrected chi connectivity index (χ4v) is 4.42. The number of fused-ring (bicyclic) bond motifs is 2. The molecule has 3 heterocycles. The van der Waals surface area contributed by atoms with Crippen molar-refractivity contribution in [2.45, 2.75) is 52.1 Å². The highest BCUT2D eigenvalue weighted by Crippen LogP contribution is 2.42. The van der Waals surface area contributed by atoms with Crippen LogP contribution in [0.3, 0.4) is 0 Å². The number of anilines is 1. The van der Waals surface area contributed by atoms with Gasteiger partial charge >= 0.3 is 6.09 Å². The molecule has 2 aliphatic heterocycles. The highest BCUT2D eigenvalue weighted by atomic mass is 16.6. The number of amides is 1. The summed E-state index contributed by atoms with van der Waals surface area (Å²) in [5.74, 6) is 0. The number of carbonyl (C=O) groups excluding carboxylic acids is 1. The number of aryl methyl sites for hydroxylation is 1. The molecular weight excluding hydrogens is 352 g/mol. The van der Waals surface area contributed by atoms with Gasteiger partial charge in [-0.1, -0.05) is 6.07 Å². The van der Waals surface area contributed by atoms with Crippen LogP contribution in [0.5, 0.6) is 0 Å². The van der Waals surface area contributed by atoms with E-state index in [1.165, 1.54) is 34.4 Å². The van der Waals surface area contributed by atoms with Crippen molar-refractivity contribution >= 4 is 11.8 Å². The topological polar surface area (TPSA) is 45.9 Å². The van der Waals surface area contributed by atoms with Crippen molar-refractivity contribution in [2.75, 3.05) is 31.6 Å². The zero-order chi connectivity index (χ0) is 19.9. The molecule has 1 aromatic heterocycles. The first kappa shape index (κ1) is 18.9. The average molecular weight is 383 g/mol. The Bertz CT molecular complexity index is 865. The number of hydrogen-bond donors (Lipinski definition) is 0. The zero-order valence-electron chi connectivity index (χ0n) is 17.4. The van der Waals surface area contributed by atoms with Gasteiger partial charge in [0.15, 0.2) is 0 Å². The summed E-state index contributed by atoms with van der Waals surface area (Å²) in [7, 11) is 2.18. The van der Waals surface area contributed by atoms with Crippen LogP contribution in [0.1, 0.15) is 43.9 Å². The normalized spacial score (nSPS) is 17.0. The quantitative estimate of drug-likeness (QED) is 0.719. The third-order valence-corrected chi connectivity index (χ3v) is 5.64. The molecule has 0 saturated carbocycles. The standard InChI is InChI=1S/C23H30N2O3/c1-23(2,3)28-22(26)25-11-7-16-14-17-6-5-10-24(4)21(17)20(19(16)8-12-25)18-9-13-27-15-18/h9,13-15H,5-8,10-12H2,1-4H3.